The summed E-state index contributed by atoms with van der Waals surface area (Å²) in [5, 5.41) is 7.92. The number of para-hydroxylation sites is 1. The summed E-state index contributed by atoms with van der Waals surface area (Å²) in [7, 11) is 0. The first-order chi connectivity index (χ1) is 11.8. The summed E-state index contributed by atoms with van der Waals surface area (Å²) in [5.74, 6) is 1.34. The Morgan fingerprint density at radius 3 is 2.83 bits per heavy atom. The van der Waals surface area contributed by atoms with Gasteiger partial charge in [-0.25, -0.2) is 0 Å². The number of benzene rings is 2. The van der Waals surface area contributed by atoms with E-state index in [0.717, 1.165) is 16.8 Å². The van der Waals surface area contributed by atoms with Crippen LogP contribution < -0.4 is 10.6 Å². The maximum Gasteiger partial charge on any atom is 0.252 e. The van der Waals surface area contributed by atoms with Crippen molar-refractivity contribution >= 4 is 38.6 Å². The molecule has 115 valence electrons. The molecule has 0 bridgehead atoms. The molecular weight excluding hydrogens is 316 g/mol. The molecule has 3 aliphatic rings. The van der Waals surface area contributed by atoms with E-state index >= 15 is 0 Å². The number of anilines is 1. The van der Waals surface area contributed by atoms with Crippen molar-refractivity contribution in [1.82, 2.24) is 5.32 Å². The van der Waals surface area contributed by atoms with E-state index in [-0.39, 0.29) is 11.9 Å². The summed E-state index contributed by atoms with van der Waals surface area (Å²) < 4.78 is 1.24. The second-order valence-corrected chi connectivity index (χ2v) is 7.49. The molecule has 1 radical (unpaired) electrons. The van der Waals surface area contributed by atoms with Gasteiger partial charge in [0.1, 0.15) is 0 Å². The lowest BCUT2D eigenvalue weighted by molar-refractivity contribution is -0.114. The molecule has 6 rings (SSSR count). The fourth-order valence-corrected chi connectivity index (χ4v) is 5.54. The number of fused-ring (bicyclic) bond motifs is 9. The minimum atomic E-state index is 0.0603. The fraction of sp³-hybridized carbons (Fsp3) is 0.100. The highest BCUT2D eigenvalue weighted by atomic mass is 32.1. The average molecular weight is 329 g/mol. The average Bonchev–Trinajstić information content (AvgIpc) is 3.27. The Labute approximate surface area is 143 Å². The summed E-state index contributed by atoms with van der Waals surface area (Å²) in [6.45, 7) is 0.625. The Morgan fingerprint density at radius 1 is 1.04 bits per heavy atom. The SMILES string of the molecule is O=C1NCC2=C1c1c(sc3ccccc13)C1Nc3ccccc3[C]21. The van der Waals surface area contributed by atoms with E-state index in [1.165, 1.54) is 32.0 Å². The van der Waals surface area contributed by atoms with Crippen LogP contribution in [-0.4, -0.2) is 12.5 Å². The van der Waals surface area contributed by atoms with E-state index in [1.54, 1.807) is 11.3 Å². The molecule has 2 aliphatic heterocycles. The molecule has 2 N–H and O–H groups in total. The summed E-state index contributed by atoms with van der Waals surface area (Å²) in [5.41, 5.74) is 5.57. The van der Waals surface area contributed by atoms with Gasteiger partial charge in [-0.3, -0.25) is 4.79 Å². The topological polar surface area (TPSA) is 41.1 Å². The lowest BCUT2D eigenvalue weighted by Gasteiger charge is -2.26. The van der Waals surface area contributed by atoms with Crippen LogP contribution in [-0.2, 0) is 4.79 Å². The van der Waals surface area contributed by atoms with Gasteiger partial charge in [0, 0.05) is 32.8 Å². The van der Waals surface area contributed by atoms with Gasteiger partial charge in [0.05, 0.1) is 17.5 Å². The molecule has 3 aromatic rings. The smallest absolute Gasteiger partial charge is 0.252 e. The molecule has 3 nitrogen and oxygen atoms in total. The van der Waals surface area contributed by atoms with E-state index in [9.17, 15) is 4.79 Å². The van der Waals surface area contributed by atoms with E-state index in [4.69, 9.17) is 0 Å². The maximum absolute atomic E-state index is 12.6. The Bertz CT molecular complexity index is 1080. The van der Waals surface area contributed by atoms with Gasteiger partial charge in [-0.05, 0) is 23.3 Å². The zero-order valence-corrected chi connectivity index (χ0v) is 13.5. The van der Waals surface area contributed by atoms with Crippen molar-refractivity contribution < 1.29 is 4.79 Å². The van der Waals surface area contributed by atoms with Crippen LogP contribution in [0.4, 0.5) is 5.69 Å². The highest BCUT2D eigenvalue weighted by molar-refractivity contribution is 7.19. The zero-order valence-electron chi connectivity index (χ0n) is 12.7. The molecule has 0 saturated carbocycles. The van der Waals surface area contributed by atoms with Crippen LogP contribution in [0.3, 0.4) is 0 Å². The highest BCUT2D eigenvalue weighted by Gasteiger charge is 2.47. The van der Waals surface area contributed by atoms with Crippen molar-refractivity contribution in [3.05, 3.63) is 76.0 Å². The summed E-state index contributed by atoms with van der Waals surface area (Å²) in [6.07, 6.45) is 0. The third-order valence-electron chi connectivity index (χ3n) is 5.22. The molecule has 4 heteroatoms. The lowest BCUT2D eigenvalue weighted by atomic mass is 9.78. The van der Waals surface area contributed by atoms with E-state index < -0.39 is 0 Å². The number of carbonyl (C=O) groups excluding carboxylic acids is 1. The Kier molecular flexibility index (Phi) is 2.28. The predicted molar refractivity (Wildman–Crippen MR) is 96.9 cm³/mol. The summed E-state index contributed by atoms with van der Waals surface area (Å²) in [6, 6.07) is 17.0. The van der Waals surface area contributed by atoms with Crippen LogP contribution >= 0.6 is 11.3 Å². The van der Waals surface area contributed by atoms with Crippen LogP contribution in [0, 0.1) is 5.92 Å². The van der Waals surface area contributed by atoms with Gasteiger partial charge in [0.2, 0.25) is 0 Å². The molecule has 1 unspecified atom stereocenters. The van der Waals surface area contributed by atoms with Crippen LogP contribution in [0.25, 0.3) is 15.7 Å². The van der Waals surface area contributed by atoms with Crippen LogP contribution in [0.1, 0.15) is 22.0 Å². The van der Waals surface area contributed by atoms with Gasteiger partial charge in [-0.1, -0.05) is 36.4 Å². The first-order valence-electron chi connectivity index (χ1n) is 8.09. The first-order valence-corrected chi connectivity index (χ1v) is 8.91. The molecule has 1 aliphatic carbocycles. The second-order valence-electron chi connectivity index (χ2n) is 6.41. The molecule has 2 aromatic carbocycles. The molecule has 3 heterocycles. The number of carbonyl (C=O) groups is 1. The quantitative estimate of drug-likeness (QED) is 0.657. The largest absolute Gasteiger partial charge is 0.376 e. The van der Waals surface area contributed by atoms with E-state index in [1.807, 2.05) is 0 Å². The normalized spacial score (nSPS) is 21.2. The number of nitrogens with one attached hydrogen (secondary N) is 2. The van der Waals surface area contributed by atoms with E-state index in [2.05, 4.69) is 59.2 Å². The minimum absolute atomic E-state index is 0.0603. The third kappa shape index (κ3) is 1.41. The molecular formula is C20H13N2OS. The minimum Gasteiger partial charge on any atom is -0.376 e. The molecule has 1 aromatic heterocycles. The van der Waals surface area contributed by atoms with Crippen molar-refractivity contribution in [2.45, 2.75) is 6.04 Å². The number of rotatable bonds is 0. The number of hydrogen-bond donors (Lipinski definition) is 2. The molecule has 1 atom stereocenters. The van der Waals surface area contributed by atoms with Gasteiger partial charge in [0.15, 0.2) is 0 Å². The van der Waals surface area contributed by atoms with Crippen molar-refractivity contribution in [3.8, 4) is 0 Å². The van der Waals surface area contributed by atoms with Crippen LogP contribution in [0.2, 0.25) is 0 Å². The Hall–Kier alpha value is -2.59. The van der Waals surface area contributed by atoms with Gasteiger partial charge >= 0.3 is 0 Å². The number of hydrogen-bond acceptors (Lipinski definition) is 3. The maximum atomic E-state index is 12.6. The standard InChI is InChI=1S/C20H13N2OS/c23-20-17-12(9-21-20)15-10-5-1-3-7-13(10)22-18(15)19-16(17)11-6-2-4-8-14(11)24-19/h1-8,18,22H,9H2,(H,21,23). The van der Waals surface area contributed by atoms with Crippen molar-refractivity contribution in [3.63, 3.8) is 0 Å². The van der Waals surface area contributed by atoms with Crippen LogP contribution in [0.15, 0.2) is 54.1 Å². The highest BCUT2D eigenvalue weighted by Crippen LogP contribution is 2.57. The number of amides is 1. The third-order valence-corrected chi connectivity index (χ3v) is 6.46. The fourth-order valence-electron chi connectivity index (χ4n) is 4.26. The van der Waals surface area contributed by atoms with Gasteiger partial charge in [-0.15, -0.1) is 11.3 Å². The molecule has 24 heavy (non-hydrogen) atoms. The Balaban J connectivity index is 1.72. The van der Waals surface area contributed by atoms with E-state index in [0.29, 0.717) is 6.54 Å². The predicted octanol–water partition coefficient (Wildman–Crippen LogP) is 3.89. The zero-order chi connectivity index (χ0) is 15.8. The second kappa shape index (κ2) is 4.28. The molecule has 0 fully saturated rings. The number of thiophene rings is 1. The van der Waals surface area contributed by atoms with Gasteiger partial charge in [-0.2, -0.15) is 0 Å². The van der Waals surface area contributed by atoms with Crippen molar-refractivity contribution in [2.24, 2.45) is 0 Å². The lowest BCUT2D eigenvalue weighted by Crippen LogP contribution is -2.20. The molecule has 1 amide bonds. The molecule has 0 saturated heterocycles. The summed E-state index contributed by atoms with van der Waals surface area (Å²) >= 11 is 1.80. The van der Waals surface area contributed by atoms with Gasteiger partial charge in [0.25, 0.3) is 5.91 Å². The first kappa shape index (κ1) is 12.8. The van der Waals surface area contributed by atoms with Crippen LogP contribution in [0.5, 0.6) is 0 Å². The molecule has 0 spiro atoms. The Morgan fingerprint density at radius 2 is 1.88 bits per heavy atom. The van der Waals surface area contributed by atoms with Gasteiger partial charge < -0.3 is 10.6 Å². The monoisotopic (exact) mass is 329 g/mol. The van der Waals surface area contributed by atoms with Crippen molar-refractivity contribution in [2.75, 3.05) is 11.9 Å². The van der Waals surface area contributed by atoms with Crippen molar-refractivity contribution in [1.29, 1.82) is 0 Å². The summed E-state index contributed by atoms with van der Waals surface area (Å²) in [4.78, 5) is 13.9.